The third-order valence-corrected chi connectivity index (χ3v) is 4.39. The molecule has 2 heterocycles. The number of nitrogens with zero attached hydrogens (tertiary/aromatic N) is 3. The number of aryl methyl sites for hydroxylation is 1. The first-order valence-corrected chi connectivity index (χ1v) is 9.36. The molecule has 1 fully saturated rings. The molecule has 0 aliphatic carbocycles. The van der Waals surface area contributed by atoms with E-state index in [1.54, 1.807) is 6.20 Å². The maximum absolute atomic E-state index is 6.03. The first-order valence-electron chi connectivity index (χ1n) is 9.36. The molecule has 0 amide bonds. The summed E-state index contributed by atoms with van der Waals surface area (Å²) in [4.78, 5) is 11.5. The van der Waals surface area contributed by atoms with Gasteiger partial charge in [0.2, 0.25) is 0 Å². The molecule has 3 rings (SSSR count). The van der Waals surface area contributed by atoms with Crippen LogP contribution in [0.4, 0.5) is 5.82 Å². The van der Waals surface area contributed by atoms with Crippen LogP contribution in [0, 0.1) is 12.8 Å². The van der Waals surface area contributed by atoms with Crippen LogP contribution in [0.25, 0.3) is 0 Å². The molecular formula is C21H29N3O2. The Morgan fingerprint density at radius 1 is 1.12 bits per heavy atom. The molecule has 26 heavy (non-hydrogen) atoms. The fourth-order valence-electron chi connectivity index (χ4n) is 3.06. The molecular weight excluding hydrogens is 326 g/mol. The summed E-state index contributed by atoms with van der Waals surface area (Å²) in [5.74, 6) is 3.00. The fourth-order valence-corrected chi connectivity index (χ4v) is 3.06. The Kier molecular flexibility index (Phi) is 5.64. The van der Waals surface area contributed by atoms with E-state index < -0.39 is 0 Å². The molecule has 0 spiro atoms. The number of hydrogen-bond donors (Lipinski definition) is 0. The number of benzene rings is 1. The summed E-state index contributed by atoms with van der Waals surface area (Å²) < 4.78 is 12.0. The van der Waals surface area contributed by atoms with Crippen molar-refractivity contribution in [1.82, 2.24) is 9.97 Å². The van der Waals surface area contributed by atoms with Crippen molar-refractivity contribution in [2.75, 3.05) is 24.6 Å². The van der Waals surface area contributed by atoms with Gasteiger partial charge in [-0.25, -0.2) is 9.97 Å². The topological polar surface area (TPSA) is 47.5 Å². The van der Waals surface area contributed by atoms with Gasteiger partial charge >= 0.3 is 0 Å². The van der Waals surface area contributed by atoms with Gasteiger partial charge in [0.05, 0.1) is 18.5 Å². The predicted octanol–water partition coefficient (Wildman–Crippen LogP) is 4.26. The zero-order chi connectivity index (χ0) is 18.6. The van der Waals surface area contributed by atoms with Crippen LogP contribution in [-0.2, 0) is 0 Å². The predicted molar refractivity (Wildman–Crippen MR) is 104 cm³/mol. The standard InChI is InChI=1S/C21H29N3O2/c1-16-14-22-20(26-21(2,3)4)19(23-16)24-12-10-17(11-13-24)15-25-18-8-6-5-7-9-18/h5-9,14,17H,10-13,15H2,1-4H3. The summed E-state index contributed by atoms with van der Waals surface area (Å²) in [5.41, 5.74) is 0.622. The van der Waals surface area contributed by atoms with Gasteiger partial charge in [0.25, 0.3) is 5.88 Å². The SMILES string of the molecule is Cc1cnc(OC(C)(C)C)c(N2CCC(COc3ccccc3)CC2)n1. The Morgan fingerprint density at radius 3 is 2.46 bits per heavy atom. The lowest BCUT2D eigenvalue weighted by Crippen LogP contribution is -2.37. The van der Waals surface area contributed by atoms with Crippen molar-refractivity contribution in [3.8, 4) is 11.6 Å². The van der Waals surface area contributed by atoms with Crippen molar-refractivity contribution in [2.24, 2.45) is 5.92 Å². The Labute approximate surface area is 156 Å². The van der Waals surface area contributed by atoms with Gasteiger partial charge in [-0.2, -0.15) is 0 Å². The van der Waals surface area contributed by atoms with Crippen molar-refractivity contribution in [2.45, 2.75) is 46.1 Å². The highest BCUT2D eigenvalue weighted by Crippen LogP contribution is 2.30. The van der Waals surface area contributed by atoms with Gasteiger partial charge in [-0.05, 0) is 58.6 Å². The molecule has 1 aliphatic heterocycles. The fraction of sp³-hybridized carbons (Fsp3) is 0.524. The normalized spacial score (nSPS) is 15.8. The highest BCUT2D eigenvalue weighted by molar-refractivity contribution is 5.49. The molecule has 1 aromatic carbocycles. The molecule has 0 saturated carbocycles. The number of anilines is 1. The zero-order valence-electron chi connectivity index (χ0n) is 16.2. The molecule has 2 aromatic rings. The molecule has 0 atom stereocenters. The lowest BCUT2D eigenvalue weighted by Gasteiger charge is -2.34. The van der Waals surface area contributed by atoms with Gasteiger partial charge in [-0.3, -0.25) is 0 Å². The highest BCUT2D eigenvalue weighted by atomic mass is 16.5. The second kappa shape index (κ2) is 7.94. The summed E-state index contributed by atoms with van der Waals surface area (Å²) in [7, 11) is 0. The minimum atomic E-state index is -0.291. The zero-order valence-corrected chi connectivity index (χ0v) is 16.2. The average molecular weight is 355 g/mol. The summed E-state index contributed by atoms with van der Waals surface area (Å²) >= 11 is 0. The number of para-hydroxylation sites is 1. The summed E-state index contributed by atoms with van der Waals surface area (Å²) in [5, 5.41) is 0. The van der Waals surface area contributed by atoms with Crippen LogP contribution in [0.15, 0.2) is 36.5 Å². The quantitative estimate of drug-likeness (QED) is 0.802. The van der Waals surface area contributed by atoms with Crippen LogP contribution in [0.1, 0.15) is 39.3 Å². The number of rotatable bonds is 5. The van der Waals surface area contributed by atoms with Crippen molar-refractivity contribution < 1.29 is 9.47 Å². The van der Waals surface area contributed by atoms with Gasteiger partial charge in [-0.15, -0.1) is 0 Å². The molecule has 1 saturated heterocycles. The smallest absolute Gasteiger partial charge is 0.258 e. The van der Waals surface area contributed by atoms with Crippen molar-refractivity contribution >= 4 is 5.82 Å². The number of hydrogen-bond acceptors (Lipinski definition) is 5. The molecule has 1 aromatic heterocycles. The molecule has 1 aliphatic rings. The third kappa shape index (κ3) is 5.10. The summed E-state index contributed by atoms with van der Waals surface area (Å²) in [6, 6.07) is 10.0. The Morgan fingerprint density at radius 2 is 1.81 bits per heavy atom. The van der Waals surface area contributed by atoms with E-state index in [4.69, 9.17) is 14.5 Å². The highest BCUT2D eigenvalue weighted by Gasteiger charge is 2.25. The monoisotopic (exact) mass is 355 g/mol. The molecule has 5 heteroatoms. The third-order valence-electron chi connectivity index (χ3n) is 4.39. The van der Waals surface area contributed by atoms with Gasteiger partial charge in [-0.1, -0.05) is 18.2 Å². The Balaban J connectivity index is 1.60. The Hall–Kier alpha value is -2.30. The van der Waals surface area contributed by atoms with E-state index in [1.165, 1.54) is 0 Å². The molecule has 0 bridgehead atoms. The lowest BCUT2D eigenvalue weighted by atomic mass is 9.98. The maximum atomic E-state index is 6.03. The second-order valence-corrected chi connectivity index (χ2v) is 7.91. The van der Waals surface area contributed by atoms with E-state index >= 15 is 0 Å². The van der Waals surface area contributed by atoms with E-state index in [9.17, 15) is 0 Å². The average Bonchev–Trinajstić information content (AvgIpc) is 2.62. The second-order valence-electron chi connectivity index (χ2n) is 7.91. The van der Waals surface area contributed by atoms with Gasteiger partial charge in [0.1, 0.15) is 11.4 Å². The van der Waals surface area contributed by atoms with E-state index in [0.717, 1.165) is 49.8 Å². The Bertz CT molecular complexity index is 705. The van der Waals surface area contributed by atoms with Crippen LogP contribution >= 0.6 is 0 Å². The number of piperidine rings is 1. The minimum Gasteiger partial charge on any atom is -0.493 e. The number of ether oxygens (including phenoxy) is 2. The van der Waals surface area contributed by atoms with Crippen molar-refractivity contribution in [3.63, 3.8) is 0 Å². The molecule has 5 nitrogen and oxygen atoms in total. The van der Waals surface area contributed by atoms with Crippen molar-refractivity contribution in [1.29, 1.82) is 0 Å². The van der Waals surface area contributed by atoms with E-state index in [0.29, 0.717) is 11.8 Å². The van der Waals surface area contributed by atoms with E-state index in [1.807, 2.05) is 58.0 Å². The first-order chi connectivity index (χ1) is 12.4. The van der Waals surface area contributed by atoms with Gasteiger partial charge in [0.15, 0.2) is 5.82 Å². The van der Waals surface area contributed by atoms with Crippen LogP contribution < -0.4 is 14.4 Å². The molecule has 0 radical (unpaired) electrons. The number of aromatic nitrogens is 2. The largest absolute Gasteiger partial charge is 0.493 e. The molecule has 0 N–H and O–H groups in total. The molecule has 0 unspecified atom stereocenters. The molecule has 140 valence electrons. The van der Waals surface area contributed by atoms with Crippen LogP contribution in [0.5, 0.6) is 11.6 Å². The van der Waals surface area contributed by atoms with Crippen molar-refractivity contribution in [3.05, 3.63) is 42.2 Å². The first kappa shape index (κ1) is 18.5. The van der Waals surface area contributed by atoms with Gasteiger partial charge < -0.3 is 14.4 Å². The van der Waals surface area contributed by atoms with Crippen LogP contribution in [0.3, 0.4) is 0 Å². The summed E-state index contributed by atoms with van der Waals surface area (Å²) in [6.07, 6.45) is 3.93. The van der Waals surface area contributed by atoms with Crippen LogP contribution in [0.2, 0.25) is 0 Å². The summed E-state index contributed by atoms with van der Waals surface area (Å²) in [6.45, 7) is 10.7. The van der Waals surface area contributed by atoms with E-state index in [2.05, 4.69) is 9.88 Å². The lowest BCUT2D eigenvalue weighted by molar-refractivity contribution is 0.123. The minimum absolute atomic E-state index is 0.291. The van der Waals surface area contributed by atoms with Gasteiger partial charge in [0, 0.05) is 13.1 Å². The van der Waals surface area contributed by atoms with E-state index in [-0.39, 0.29) is 5.60 Å². The maximum Gasteiger partial charge on any atom is 0.258 e. The van der Waals surface area contributed by atoms with Crippen LogP contribution in [-0.4, -0.2) is 35.3 Å².